The third kappa shape index (κ3) is 5.90. The van der Waals surface area contributed by atoms with Crippen LogP contribution in [0.25, 0.3) is 0 Å². The maximum absolute atomic E-state index is 12.8. The molecule has 0 aliphatic heterocycles. The lowest BCUT2D eigenvalue weighted by Gasteiger charge is -2.09. The van der Waals surface area contributed by atoms with Gasteiger partial charge in [0.1, 0.15) is 6.61 Å². The molecule has 0 radical (unpaired) electrons. The molecule has 0 aliphatic rings. The third-order valence-corrected chi connectivity index (χ3v) is 4.76. The molecule has 1 heterocycles. The molecule has 0 atom stereocenters. The van der Waals surface area contributed by atoms with Gasteiger partial charge in [-0.25, -0.2) is 4.79 Å². The molecule has 0 saturated heterocycles. The van der Waals surface area contributed by atoms with Crippen molar-refractivity contribution >= 4 is 11.8 Å². The van der Waals surface area contributed by atoms with Gasteiger partial charge in [0.2, 0.25) is 5.78 Å². The Labute approximate surface area is 170 Å². The molecule has 3 rings (SSSR count). The molecule has 0 unspecified atom stereocenters. The molecular weight excluding hydrogens is 366 g/mol. The fourth-order valence-electron chi connectivity index (χ4n) is 3.18. The van der Waals surface area contributed by atoms with Gasteiger partial charge in [-0.3, -0.25) is 4.79 Å². The molecule has 5 heteroatoms. The number of ether oxygens (including phenoxy) is 1. The zero-order chi connectivity index (χ0) is 20.6. The first-order valence-corrected chi connectivity index (χ1v) is 9.67. The SMILES string of the molecule is Cc1ccc(C(=O)c2cccn2CCCc2ccc(COCC(=O)O)cc2)cc1. The van der Waals surface area contributed by atoms with Crippen molar-refractivity contribution in [3.8, 4) is 0 Å². The predicted molar refractivity (Wildman–Crippen MR) is 111 cm³/mol. The highest BCUT2D eigenvalue weighted by molar-refractivity contribution is 6.08. The monoisotopic (exact) mass is 391 g/mol. The van der Waals surface area contributed by atoms with Crippen molar-refractivity contribution in [3.05, 3.63) is 94.8 Å². The van der Waals surface area contributed by atoms with Crippen LogP contribution in [0.15, 0.2) is 66.9 Å². The molecule has 0 aliphatic carbocycles. The molecule has 0 saturated carbocycles. The Kier molecular flexibility index (Phi) is 6.98. The molecule has 0 amide bonds. The van der Waals surface area contributed by atoms with Crippen LogP contribution in [0, 0.1) is 6.92 Å². The number of carbonyl (C=O) groups excluding carboxylic acids is 1. The number of carbonyl (C=O) groups is 2. The van der Waals surface area contributed by atoms with E-state index < -0.39 is 5.97 Å². The minimum absolute atomic E-state index is 0.0423. The normalized spacial score (nSPS) is 10.8. The van der Waals surface area contributed by atoms with Gasteiger partial charge >= 0.3 is 5.97 Å². The maximum Gasteiger partial charge on any atom is 0.329 e. The molecule has 1 aromatic heterocycles. The predicted octanol–water partition coefficient (Wildman–Crippen LogP) is 4.26. The molecule has 2 aromatic carbocycles. The van der Waals surface area contributed by atoms with Gasteiger partial charge in [0, 0.05) is 18.3 Å². The molecule has 0 fully saturated rings. The highest BCUT2D eigenvalue weighted by Crippen LogP contribution is 2.14. The summed E-state index contributed by atoms with van der Waals surface area (Å²) in [6.07, 6.45) is 3.76. The van der Waals surface area contributed by atoms with Gasteiger partial charge < -0.3 is 14.4 Å². The minimum atomic E-state index is -0.966. The van der Waals surface area contributed by atoms with Crippen LogP contribution in [0.3, 0.4) is 0 Å². The fraction of sp³-hybridized carbons (Fsp3) is 0.250. The Morgan fingerprint density at radius 2 is 1.66 bits per heavy atom. The Balaban J connectivity index is 1.52. The summed E-state index contributed by atoms with van der Waals surface area (Å²) in [7, 11) is 0. The number of rotatable bonds is 10. The summed E-state index contributed by atoms with van der Waals surface area (Å²) in [5.41, 5.74) is 4.70. The van der Waals surface area contributed by atoms with Crippen LogP contribution in [0.1, 0.15) is 39.2 Å². The molecule has 0 bridgehead atoms. The van der Waals surface area contributed by atoms with Gasteiger partial charge in [0.05, 0.1) is 12.3 Å². The number of carboxylic acid groups (broad SMARTS) is 1. The van der Waals surface area contributed by atoms with E-state index in [1.54, 1.807) is 0 Å². The van der Waals surface area contributed by atoms with Crippen molar-refractivity contribution in [1.82, 2.24) is 4.57 Å². The van der Waals surface area contributed by atoms with Crippen LogP contribution in [0.2, 0.25) is 0 Å². The second-order valence-electron chi connectivity index (χ2n) is 7.09. The topological polar surface area (TPSA) is 68.5 Å². The summed E-state index contributed by atoms with van der Waals surface area (Å²) in [5, 5.41) is 8.59. The number of aromatic nitrogens is 1. The van der Waals surface area contributed by atoms with Crippen molar-refractivity contribution in [3.63, 3.8) is 0 Å². The largest absolute Gasteiger partial charge is 0.480 e. The second kappa shape index (κ2) is 9.85. The van der Waals surface area contributed by atoms with Gasteiger partial charge in [0.15, 0.2) is 0 Å². The van der Waals surface area contributed by atoms with Crippen molar-refractivity contribution < 1.29 is 19.4 Å². The Morgan fingerprint density at radius 3 is 2.34 bits per heavy atom. The quantitative estimate of drug-likeness (QED) is 0.524. The lowest BCUT2D eigenvalue weighted by molar-refractivity contribution is -0.142. The highest BCUT2D eigenvalue weighted by atomic mass is 16.5. The number of hydrogen-bond acceptors (Lipinski definition) is 3. The number of hydrogen-bond donors (Lipinski definition) is 1. The molecule has 3 aromatic rings. The van der Waals surface area contributed by atoms with Gasteiger partial charge in [-0.15, -0.1) is 0 Å². The number of carboxylic acids is 1. The van der Waals surface area contributed by atoms with Crippen LogP contribution >= 0.6 is 0 Å². The van der Waals surface area contributed by atoms with Crippen LogP contribution < -0.4 is 0 Å². The number of aliphatic carboxylic acids is 1. The summed E-state index contributed by atoms with van der Waals surface area (Å²) >= 11 is 0. The van der Waals surface area contributed by atoms with Crippen LogP contribution in [0.5, 0.6) is 0 Å². The molecular formula is C24H25NO4. The van der Waals surface area contributed by atoms with E-state index in [4.69, 9.17) is 9.84 Å². The average Bonchev–Trinajstić information content (AvgIpc) is 3.17. The number of aryl methyl sites for hydroxylation is 3. The smallest absolute Gasteiger partial charge is 0.329 e. The van der Waals surface area contributed by atoms with Gasteiger partial charge in [-0.05, 0) is 43.0 Å². The van der Waals surface area contributed by atoms with Crippen LogP contribution in [-0.4, -0.2) is 28.0 Å². The number of benzene rings is 2. The Hall–Kier alpha value is -3.18. The first-order chi connectivity index (χ1) is 14.0. The summed E-state index contributed by atoms with van der Waals surface area (Å²) in [6, 6.07) is 19.4. The van der Waals surface area contributed by atoms with E-state index >= 15 is 0 Å². The lowest BCUT2D eigenvalue weighted by atomic mass is 10.1. The van der Waals surface area contributed by atoms with E-state index in [2.05, 4.69) is 0 Å². The second-order valence-corrected chi connectivity index (χ2v) is 7.09. The van der Waals surface area contributed by atoms with E-state index in [9.17, 15) is 9.59 Å². The van der Waals surface area contributed by atoms with E-state index in [0.29, 0.717) is 17.9 Å². The van der Waals surface area contributed by atoms with Crippen LogP contribution in [0.4, 0.5) is 0 Å². The molecule has 5 nitrogen and oxygen atoms in total. The standard InChI is InChI=1S/C24H25NO4/c1-18-6-12-21(13-7-18)24(28)22-5-3-15-25(22)14-2-4-19-8-10-20(11-9-19)16-29-17-23(26)27/h3,5-13,15H,2,4,14,16-17H2,1H3,(H,26,27). The average molecular weight is 391 g/mol. The summed E-state index contributed by atoms with van der Waals surface area (Å²) in [5.74, 6) is -0.924. The van der Waals surface area contributed by atoms with Crippen molar-refractivity contribution in [2.75, 3.05) is 6.61 Å². The molecule has 0 spiro atoms. The summed E-state index contributed by atoms with van der Waals surface area (Å²) in [4.78, 5) is 23.2. The van der Waals surface area contributed by atoms with Gasteiger partial charge in [0.25, 0.3) is 0 Å². The maximum atomic E-state index is 12.8. The molecule has 29 heavy (non-hydrogen) atoms. The highest BCUT2D eigenvalue weighted by Gasteiger charge is 2.13. The first-order valence-electron chi connectivity index (χ1n) is 9.67. The summed E-state index contributed by atoms with van der Waals surface area (Å²) in [6.45, 7) is 2.78. The van der Waals surface area contributed by atoms with E-state index in [0.717, 1.165) is 30.5 Å². The number of ketones is 1. The zero-order valence-corrected chi connectivity index (χ0v) is 16.5. The molecule has 150 valence electrons. The third-order valence-electron chi connectivity index (χ3n) is 4.76. The van der Waals surface area contributed by atoms with Gasteiger partial charge in [-0.2, -0.15) is 0 Å². The van der Waals surface area contributed by atoms with E-state index in [1.165, 1.54) is 5.56 Å². The number of nitrogens with zero attached hydrogens (tertiary/aromatic N) is 1. The zero-order valence-electron chi connectivity index (χ0n) is 16.5. The summed E-state index contributed by atoms with van der Waals surface area (Å²) < 4.78 is 7.11. The first kappa shape index (κ1) is 20.6. The minimum Gasteiger partial charge on any atom is -0.480 e. The lowest BCUT2D eigenvalue weighted by Crippen LogP contribution is -2.10. The van der Waals surface area contributed by atoms with Crippen molar-refractivity contribution in [2.24, 2.45) is 0 Å². The van der Waals surface area contributed by atoms with Crippen molar-refractivity contribution in [1.29, 1.82) is 0 Å². The Morgan fingerprint density at radius 1 is 0.966 bits per heavy atom. The van der Waals surface area contributed by atoms with E-state index in [1.807, 2.05) is 78.4 Å². The molecule has 1 N–H and O–H groups in total. The van der Waals surface area contributed by atoms with Crippen LogP contribution in [-0.2, 0) is 29.1 Å². The van der Waals surface area contributed by atoms with Gasteiger partial charge in [-0.1, -0.05) is 54.1 Å². The Bertz CT molecular complexity index is 955. The fourth-order valence-corrected chi connectivity index (χ4v) is 3.18. The van der Waals surface area contributed by atoms with E-state index in [-0.39, 0.29) is 12.4 Å². The van der Waals surface area contributed by atoms with Crippen molar-refractivity contribution in [2.45, 2.75) is 32.9 Å².